The Hall–Kier alpha value is 0.867. The molecular formula is C6H7LiS3. The molecule has 50 valence electrons. The Morgan fingerprint density at radius 2 is 1.00 bits per heavy atom. The van der Waals surface area contributed by atoms with Crippen LogP contribution in [0.2, 0.25) is 0 Å². The van der Waals surface area contributed by atoms with Gasteiger partial charge < -0.3 is 1.43 Å². The second-order valence-electron chi connectivity index (χ2n) is 1.71. The van der Waals surface area contributed by atoms with E-state index >= 15 is 0 Å². The minimum absolute atomic E-state index is 0. The summed E-state index contributed by atoms with van der Waals surface area (Å²) in [6.07, 6.45) is 0. The van der Waals surface area contributed by atoms with Crippen molar-refractivity contribution in [3.05, 3.63) is 18.2 Å². The van der Waals surface area contributed by atoms with Crippen LogP contribution in [0.5, 0.6) is 0 Å². The molecular weight excluding hydrogens is 175 g/mol. The van der Waals surface area contributed by atoms with E-state index in [2.05, 4.69) is 37.9 Å². The summed E-state index contributed by atoms with van der Waals surface area (Å²) in [6, 6.07) is 5.60. The van der Waals surface area contributed by atoms with Crippen LogP contribution in [-0.4, -0.2) is 0 Å². The van der Waals surface area contributed by atoms with Crippen LogP contribution in [0, 0.1) is 0 Å². The zero-order valence-corrected chi connectivity index (χ0v) is 8.26. The molecule has 0 N–H and O–H groups in total. The van der Waals surface area contributed by atoms with E-state index in [9.17, 15) is 0 Å². The average Bonchev–Trinajstić information content (AvgIpc) is 1.59. The molecule has 4 heteroatoms. The molecule has 0 nitrogen and oxygen atoms in total. The van der Waals surface area contributed by atoms with E-state index in [4.69, 9.17) is 0 Å². The standard InChI is InChI=1S/C6H6S3.Li.H/c7-4-1-5(8)3-6(9)2-4;;/h1-3,7-9H;;/q;+1;-1. The summed E-state index contributed by atoms with van der Waals surface area (Å²) in [4.78, 5) is 2.69. The van der Waals surface area contributed by atoms with E-state index in [1.807, 2.05) is 18.2 Å². The first kappa shape index (κ1) is 10.9. The molecule has 1 rings (SSSR count). The average molecular weight is 182 g/mol. The molecule has 0 saturated heterocycles. The van der Waals surface area contributed by atoms with Crippen LogP contribution in [0.1, 0.15) is 1.43 Å². The largest absolute Gasteiger partial charge is 1.00 e. The molecule has 0 radical (unpaired) electrons. The zero-order chi connectivity index (χ0) is 6.85. The summed E-state index contributed by atoms with van der Waals surface area (Å²) in [5.74, 6) is 0. The maximum Gasteiger partial charge on any atom is 1.00 e. The van der Waals surface area contributed by atoms with E-state index < -0.39 is 0 Å². The third-order valence-electron chi connectivity index (χ3n) is 0.887. The van der Waals surface area contributed by atoms with Crippen molar-refractivity contribution in [2.24, 2.45) is 0 Å². The van der Waals surface area contributed by atoms with Gasteiger partial charge >= 0.3 is 18.9 Å². The molecule has 0 atom stereocenters. The van der Waals surface area contributed by atoms with Crippen molar-refractivity contribution < 1.29 is 20.3 Å². The third kappa shape index (κ3) is 3.31. The fraction of sp³-hybridized carbons (Fsp3) is 0. The van der Waals surface area contributed by atoms with E-state index in [1.54, 1.807) is 0 Å². The van der Waals surface area contributed by atoms with Gasteiger partial charge in [-0.15, -0.1) is 37.9 Å². The summed E-state index contributed by atoms with van der Waals surface area (Å²) in [7, 11) is 0. The van der Waals surface area contributed by atoms with Gasteiger partial charge in [0.1, 0.15) is 0 Å². The summed E-state index contributed by atoms with van der Waals surface area (Å²) in [5.41, 5.74) is 0. The molecule has 0 fully saturated rings. The molecule has 0 aliphatic rings. The first-order chi connectivity index (χ1) is 4.18. The van der Waals surface area contributed by atoms with E-state index in [-0.39, 0.29) is 20.3 Å². The van der Waals surface area contributed by atoms with Gasteiger partial charge in [0.2, 0.25) is 0 Å². The van der Waals surface area contributed by atoms with Crippen LogP contribution in [-0.2, 0) is 0 Å². The van der Waals surface area contributed by atoms with Crippen molar-refractivity contribution >= 4 is 37.9 Å². The third-order valence-corrected chi connectivity index (χ3v) is 1.66. The van der Waals surface area contributed by atoms with Gasteiger partial charge in [-0.1, -0.05) is 0 Å². The Kier molecular flexibility index (Phi) is 5.09. The Labute approximate surface area is 90.7 Å². The summed E-state index contributed by atoms with van der Waals surface area (Å²) < 4.78 is 0. The predicted octanol–water partition coefficient (Wildman–Crippen LogP) is -0.331. The molecule has 10 heavy (non-hydrogen) atoms. The van der Waals surface area contributed by atoms with Crippen LogP contribution in [0.25, 0.3) is 0 Å². The Morgan fingerprint density at radius 1 is 0.800 bits per heavy atom. The molecule has 0 saturated carbocycles. The number of benzene rings is 1. The van der Waals surface area contributed by atoms with Gasteiger partial charge in [0.15, 0.2) is 0 Å². The van der Waals surface area contributed by atoms with E-state index in [0.29, 0.717) is 0 Å². The molecule has 0 aliphatic heterocycles. The molecule has 0 amide bonds. The van der Waals surface area contributed by atoms with Crippen LogP contribution in [0.4, 0.5) is 0 Å². The van der Waals surface area contributed by atoms with Gasteiger partial charge in [0.25, 0.3) is 0 Å². The molecule has 0 bridgehead atoms. The number of hydrogen-bond donors (Lipinski definition) is 3. The summed E-state index contributed by atoms with van der Waals surface area (Å²) >= 11 is 12.4. The van der Waals surface area contributed by atoms with Crippen molar-refractivity contribution in [1.82, 2.24) is 0 Å². The minimum atomic E-state index is 0. The van der Waals surface area contributed by atoms with Gasteiger partial charge in [-0.2, -0.15) is 0 Å². The number of rotatable bonds is 0. The van der Waals surface area contributed by atoms with Crippen molar-refractivity contribution in [2.75, 3.05) is 0 Å². The first-order valence-corrected chi connectivity index (χ1v) is 3.74. The van der Waals surface area contributed by atoms with Crippen LogP contribution >= 0.6 is 37.9 Å². The molecule has 0 unspecified atom stereocenters. The fourth-order valence-electron chi connectivity index (χ4n) is 0.580. The van der Waals surface area contributed by atoms with Crippen LogP contribution < -0.4 is 18.9 Å². The quantitative estimate of drug-likeness (QED) is 0.355. The van der Waals surface area contributed by atoms with Crippen molar-refractivity contribution in [2.45, 2.75) is 14.7 Å². The van der Waals surface area contributed by atoms with Gasteiger partial charge in [0.05, 0.1) is 0 Å². The molecule has 1 aromatic carbocycles. The normalized spacial score (nSPS) is 8.70. The fourth-order valence-corrected chi connectivity index (χ4v) is 1.72. The van der Waals surface area contributed by atoms with Crippen molar-refractivity contribution in [3.8, 4) is 0 Å². The molecule has 0 aliphatic carbocycles. The first-order valence-electron chi connectivity index (χ1n) is 2.40. The maximum absolute atomic E-state index is 4.13. The maximum atomic E-state index is 4.13. The minimum Gasteiger partial charge on any atom is -1.00 e. The Bertz CT molecular complexity index is 179. The number of hydrogen-bond acceptors (Lipinski definition) is 3. The van der Waals surface area contributed by atoms with Crippen molar-refractivity contribution in [1.29, 1.82) is 0 Å². The van der Waals surface area contributed by atoms with Gasteiger partial charge in [-0.25, -0.2) is 0 Å². The topological polar surface area (TPSA) is 0 Å². The van der Waals surface area contributed by atoms with Gasteiger partial charge in [-0.05, 0) is 18.2 Å². The van der Waals surface area contributed by atoms with Crippen LogP contribution in [0.15, 0.2) is 32.9 Å². The van der Waals surface area contributed by atoms with E-state index in [0.717, 1.165) is 14.7 Å². The van der Waals surface area contributed by atoms with Gasteiger partial charge in [-0.3, -0.25) is 0 Å². The molecule has 0 aromatic heterocycles. The Balaban J connectivity index is 0. The summed E-state index contributed by atoms with van der Waals surface area (Å²) in [5, 5.41) is 0. The second kappa shape index (κ2) is 4.69. The smallest absolute Gasteiger partial charge is 1.00 e. The predicted molar refractivity (Wildman–Crippen MR) is 49.3 cm³/mol. The van der Waals surface area contributed by atoms with E-state index in [1.165, 1.54) is 0 Å². The molecule has 0 heterocycles. The SMILES string of the molecule is Sc1cc(S)cc(S)c1.[H-].[Li+]. The molecule has 0 spiro atoms. The summed E-state index contributed by atoms with van der Waals surface area (Å²) in [6.45, 7) is 0. The number of thiol groups is 3. The monoisotopic (exact) mass is 182 g/mol. The Morgan fingerprint density at radius 3 is 1.20 bits per heavy atom. The second-order valence-corrected chi connectivity index (χ2v) is 3.26. The zero-order valence-electron chi connectivity index (χ0n) is 6.57. The van der Waals surface area contributed by atoms with Crippen LogP contribution in [0.3, 0.4) is 0 Å². The molecule has 1 aromatic rings. The van der Waals surface area contributed by atoms with Gasteiger partial charge in [0, 0.05) is 14.7 Å². The van der Waals surface area contributed by atoms with Crippen molar-refractivity contribution in [3.63, 3.8) is 0 Å².